The van der Waals surface area contributed by atoms with Crippen LogP contribution in [0.15, 0.2) is 4.99 Å². The molecule has 27 heavy (non-hydrogen) atoms. The van der Waals surface area contributed by atoms with Crippen molar-refractivity contribution in [3.8, 4) is 0 Å². The Labute approximate surface area is 161 Å². The smallest absolute Gasteiger partial charge is 0.379 e. The summed E-state index contributed by atoms with van der Waals surface area (Å²) in [6.07, 6.45) is -1.96. The molecule has 9 heteroatoms. The van der Waals surface area contributed by atoms with Crippen LogP contribution in [0.5, 0.6) is 0 Å². The van der Waals surface area contributed by atoms with E-state index in [4.69, 9.17) is 4.74 Å². The summed E-state index contributed by atoms with van der Waals surface area (Å²) in [5, 5.41) is 6.46. The summed E-state index contributed by atoms with van der Waals surface area (Å²) in [4.78, 5) is 7.92. The Balaban J connectivity index is 2.48. The first-order valence-electron chi connectivity index (χ1n) is 9.82. The molecule has 1 heterocycles. The van der Waals surface area contributed by atoms with Crippen LogP contribution in [-0.2, 0) is 4.74 Å². The van der Waals surface area contributed by atoms with Gasteiger partial charge in [0.1, 0.15) is 0 Å². The van der Waals surface area contributed by atoms with Gasteiger partial charge in [0, 0.05) is 45.8 Å². The third-order valence-electron chi connectivity index (χ3n) is 5.05. The number of nitrogens with zero attached hydrogens (tertiary/aromatic N) is 3. The van der Waals surface area contributed by atoms with E-state index in [1.807, 2.05) is 0 Å². The zero-order chi connectivity index (χ0) is 20.3. The maximum Gasteiger partial charge on any atom is 0.401 e. The van der Waals surface area contributed by atoms with Crippen LogP contribution in [0, 0.1) is 5.92 Å². The van der Waals surface area contributed by atoms with Crippen LogP contribution in [0.25, 0.3) is 0 Å². The molecule has 0 saturated carbocycles. The number of aliphatic imine (C=N–C) groups is 1. The summed E-state index contributed by atoms with van der Waals surface area (Å²) in [5.41, 5.74) is 0. The van der Waals surface area contributed by atoms with Crippen molar-refractivity contribution in [2.75, 3.05) is 66.6 Å². The highest BCUT2D eigenvalue weighted by Crippen LogP contribution is 2.19. The number of morpholine rings is 1. The summed E-state index contributed by atoms with van der Waals surface area (Å²) < 4.78 is 42.6. The zero-order valence-electron chi connectivity index (χ0n) is 17.1. The molecule has 1 unspecified atom stereocenters. The van der Waals surface area contributed by atoms with Crippen molar-refractivity contribution in [3.05, 3.63) is 0 Å². The molecule has 0 radical (unpaired) electrons. The second-order valence-corrected chi connectivity index (χ2v) is 7.03. The molecular weight excluding hydrogens is 359 g/mol. The van der Waals surface area contributed by atoms with Crippen LogP contribution in [0.2, 0.25) is 0 Å². The van der Waals surface area contributed by atoms with Crippen LogP contribution in [0.4, 0.5) is 13.2 Å². The van der Waals surface area contributed by atoms with Crippen LogP contribution in [0.1, 0.15) is 26.7 Å². The van der Waals surface area contributed by atoms with E-state index in [1.54, 1.807) is 7.05 Å². The number of guanidine groups is 1. The standard InChI is InChI=1S/C18H36F3N5O/c1-5-15(6-2)16(26-9-11-27-12-10-26)13-24-17(22-3)23-7-8-25(4)14-18(19,20)21/h15-16H,5-14H2,1-4H3,(H2,22,23,24). The minimum absolute atomic E-state index is 0.291. The summed E-state index contributed by atoms with van der Waals surface area (Å²) in [6, 6.07) is 0.385. The lowest BCUT2D eigenvalue weighted by molar-refractivity contribution is -0.142. The predicted molar refractivity (Wildman–Crippen MR) is 103 cm³/mol. The van der Waals surface area contributed by atoms with Gasteiger partial charge in [-0.15, -0.1) is 0 Å². The number of rotatable bonds is 10. The van der Waals surface area contributed by atoms with Gasteiger partial charge >= 0.3 is 6.18 Å². The molecule has 0 amide bonds. The molecule has 6 nitrogen and oxygen atoms in total. The molecule has 2 N–H and O–H groups in total. The van der Waals surface area contributed by atoms with E-state index in [0.717, 1.165) is 45.7 Å². The summed E-state index contributed by atoms with van der Waals surface area (Å²) in [5.74, 6) is 1.20. The fourth-order valence-electron chi connectivity index (χ4n) is 3.51. The molecule has 1 aliphatic heterocycles. The highest BCUT2D eigenvalue weighted by molar-refractivity contribution is 5.79. The van der Waals surface area contributed by atoms with Crippen LogP contribution < -0.4 is 10.6 Å². The number of alkyl halides is 3. The number of hydrogen-bond acceptors (Lipinski definition) is 4. The molecule has 0 aromatic carbocycles. The average Bonchev–Trinajstić information content (AvgIpc) is 2.62. The second kappa shape index (κ2) is 12.4. The van der Waals surface area contributed by atoms with Gasteiger partial charge in [0.25, 0.3) is 0 Å². The molecule has 1 fully saturated rings. The lowest BCUT2D eigenvalue weighted by atomic mass is 9.92. The lowest BCUT2D eigenvalue weighted by Gasteiger charge is -2.39. The van der Waals surface area contributed by atoms with Gasteiger partial charge in [-0.3, -0.25) is 14.8 Å². The molecule has 1 aliphatic rings. The predicted octanol–water partition coefficient (Wildman–Crippen LogP) is 1.78. The zero-order valence-corrected chi connectivity index (χ0v) is 17.1. The molecule has 1 atom stereocenters. The number of nitrogens with one attached hydrogen (secondary N) is 2. The van der Waals surface area contributed by atoms with Gasteiger partial charge in [0.2, 0.25) is 0 Å². The van der Waals surface area contributed by atoms with E-state index in [2.05, 4.69) is 34.4 Å². The maximum absolute atomic E-state index is 12.4. The lowest BCUT2D eigenvalue weighted by Crippen LogP contribution is -2.53. The quantitative estimate of drug-likeness (QED) is 0.436. The third kappa shape index (κ3) is 9.62. The van der Waals surface area contributed by atoms with Crippen molar-refractivity contribution in [1.82, 2.24) is 20.4 Å². The number of ether oxygens (including phenoxy) is 1. The SMILES string of the molecule is CCC(CC)C(CNC(=NC)NCCN(C)CC(F)(F)F)N1CCOCC1. The highest BCUT2D eigenvalue weighted by Gasteiger charge is 2.29. The third-order valence-corrected chi connectivity index (χ3v) is 5.05. The second-order valence-electron chi connectivity index (χ2n) is 7.03. The van der Waals surface area contributed by atoms with Crippen molar-refractivity contribution in [2.45, 2.75) is 38.9 Å². The monoisotopic (exact) mass is 395 g/mol. The van der Waals surface area contributed by atoms with E-state index in [-0.39, 0.29) is 0 Å². The highest BCUT2D eigenvalue weighted by atomic mass is 19.4. The summed E-state index contributed by atoms with van der Waals surface area (Å²) >= 11 is 0. The molecule has 0 aliphatic carbocycles. The van der Waals surface area contributed by atoms with Gasteiger partial charge in [0.05, 0.1) is 19.8 Å². The molecule has 0 spiro atoms. The Morgan fingerprint density at radius 1 is 1.19 bits per heavy atom. The molecule has 1 rings (SSSR count). The Morgan fingerprint density at radius 2 is 1.81 bits per heavy atom. The van der Waals surface area contributed by atoms with E-state index in [0.29, 0.717) is 31.0 Å². The molecular formula is C18H36F3N5O. The molecule has 160 valence electrons. The van der Waals surface area contributed by atoms with E-state index >= 15 is 0 Å². The Hall–Kier alpha value is -1.06. The molecule has 1 saturated heterocycles. The largest absolute Gasteiger partial charge is 0.401 e. The summed E-state index contributed by atoms with van der Waals surface area (Å²) in [7, 11) is 3.14. The summed E-state index contributed by atoms with van der Waals surface area (Å²) in [6.45, 7) is 8.34. The first-order chi connectivity index (χ1) is 12.8. The minimum atomic E-state index is -4.17. The van der Waals surface area contributed by atoms with E-state index in [1.165, 1.54) is 11.9 Å². The number of hydrogen-bond donors (Lipinski definition) is 2. The van der Waals surface area contributed by atoms with Crippen LogP contribution in [0.3, 0.4) is 0 Å². The first-order valence-corrected chi connectivity index (χ1v) is 9.82. The fraction of sp³-hybridized carbons (Fsp3) is 0.944. The van der Waals surface area contributed by atoms with Gasteiger partial charge in [-0.05, 0) is 13.0 Å². The Bertz CT molecular complexity index is 424. The van der Waals surface area contributed by atoms with Gasteiger partial charge in [-0.25, -0.2) is 0 Å². The normalized spacial score (nSPS) is 18.2. The average molecular weight is 396 g/mol. The van der Waals surface area contributed by atoms with Crippen molar-refractivity contribution < 1.29 is 17.9 Å². The fourth-order valence-corrected chi connectivity index (χ4v) is 3.51. The van der Waals surface area contributed by atoms with Crippen molar-refractivity contribution in [2.24, 2.45) is 10.9 Å². The van der Waals surface area contributed by atoms with Gasteiger partial charge in [-0.2, -0.15) is 13.2 Å². The van der Waals surface area contributed by atoms with E-state index < -0.39 is 12.7 Å². The first kappa shape index (κ1) is 24.0. The van der Waals surface area contributed by atoms with Crippen LogP contribution in [-0.4, -0.2) is 94.6 Å². The molecule has 0 bridgehead atoms. The number of halogens is 3. The molecule has 0 aromatic rings. The van der Waals surface area contributed by atoms with Crippen LogP contribution >= 0.6 is 0 Å². The molecule has 0 aromatic heterocycles. The van der Waals surface area contributed by atoms with Crippen molar-refractivity contribution in [3.63, 3.8) is 0 Å². The maximum atomic E-state index is 12.4. The minimum Gasteiger partial charge on any atom is -0.379 e. The number of likely N-dealkylation sites (N-methyl/N-ethyl adjacent to an activating group) is 1. The van der Waals surface area contributed by atoms with Gasteiger partial charge < -0.3 is 15.4 Å². The van der Waals surface area contributed by atoms with E-state index in [9.17, 15) is 13.2 Å². The van der Waals surface area contributed by atoms with Crippen molar-refractivity contribution in [1.29, 1.82) is 0 Å². The Morgan fingerprint density at radius 3 is 2.33 bits per heavy atom. The topological polar surface area (TPSA) is 52.1 Å². The van der Waals surface area contributed by atoms with Gasteiger partial charge in [-0.1, -0.05) is 26.7 Å². The van der Waals surface area contributed by atoms with Crippen molar-refractivity contribution >= 4 is 5.96 Å². The van der Waals surface area contributed by atoms with Gasteiger partial charge in [0.15, 0.2) is 5.96 Å². The Kier molecular flexibility index (Phi) is 11.0.